The number of carbonyl (C=O) groups is 1. The molecule has 1 unspecified atom stereocenters. The van der Waals surface area contributed by atoms with Crippen LogP contribution in [0.1, 0.15) is 52.4 Å². The zero-order chi connectivity index (χ0) is 8.53. The molecule has 0 spiro atoms. The third-order valence-electron chi connectivity index (χ3n) is 2.08. The van der Waals surface area contributed by atoms with E-state index in [9.17, 15) is 4.79 Å². The molecule has 0 saturated heterocycles. The van der Waals surface area contributed by atoms with Gasteiger partial charge in [-0.05, 0) is 12.3 Å². The Kier molecular flexibility index (Phi) is 7.54. The van der Waals surface area contributed by atoms with Gasteiger partial charge in [-0.2, -0.15) is 0 Å². The Bertz CT molecular complexity index is 88.9. The maximum absolute atomic E-state index is 10.0. The predicted octanol–water partition coefficient (Wildman–Crippen LogP) is 3.18. The maximum Gasteiger partial charge on any atom is 0.120 e. The topological polar surface area (TPSA) is 17.1 Å². The lowest BCUT2D eigenvalue weighted by molar-refractivity contribution is -0.108. The van der Waals surface area contributed by atoms with Crippen LogP contribution in [0.5, 0.6) is 0 Å². The summed E-state index contributed by atoms with van der Waals surface area (Å²) < 4.78 is 0. The summed E-state index contributed by atoms with van der Waals surface area (Å²) in [7, 11) is 0. The highest BCUT2D eigenvalue weighted by atomic mass is 16.1. The van der Waals surface area contributed by atoms with Gasteiger partial charge in [0.2, 0.25) is 0 Å². The van der Waals surface area contributed by atoms with Gasteiger partial charge in [0.1, 0.15) is 6.29 Å². The fourth-order valence-electron chi connectivity index (χ4n) is 1.24. The fraction of sp³-hybridized carbons (Fsp3) is 0.900. The molecule has 0 radical (unpaired) electrons. The first-order chi connectivity index (χ1) is 5.31. The highest BCUT2D eigenvalue weighted by Gasteiger charge is 1.99. The lowest BCUT2D eigenvalue weighted by Gasteiger charge is -2.07. The molecule has 0 fully saturated rings. The van der Waals surface area contributed by atoms with Crippen molar-refractivity contribution in [2.24, 2.45) is 5.92 Å². The zero-order valence-electron chi connectivity index (χ0n) is 7.81. The number of carbonyl (C=O) groups excluding carboxylic acids is 1. The quantitative estimate of drug-likeness (QED) is 0.408. The first kappa shape index (κ1) is 10.7. The molecule has 0 N–H and O–H groups in total. The summed E-state index contributed by atoms with van der Waals surface area (Å²) in [6.45, 7) is 4.45. The van der Waals surface area contributed by atoms with Crippen molar-refractivity contribution in [3.05, 3.63) is 0 Å². The van der Waals surface area contributed by atoms with Crippen LogP contribution in [0.3, 0.4) is 0 Å². The van der Waals surface area contributed by atoms with E-state index in [0.29, 0.717) is 0 Å². The smallest absolute Gasteiger partial charge is 0.120 e. The van der Waals surface area contributed by atoms with E-state index in [0.717, 1.165) is 25.0 Å². The van der Waals surface area contributed by atoms with Gasteiger partial charge in [0.25, 0.3) is 0 Å². The summed E-state index contributed by atoms with van der Waals surface area (Å²) in [6.07, 6.45) is 8.10. The molecule has 0 heterocycles. The van der Waals surface area contributed by atoms with Gasteiger partial charge in [-0.1, -0.05) is 39.5 Å². The number of unbranched alkanes of at least 4 members (excludes halogenated alkanes) is 2. The van der Waals surface area contributed by atoms with Crippen LogP contribution in [0, 0.1) is 5.92 Å². The molecule has 1 atom stereocenters. The summed E-state index contributed by atoms with van der Waals surface area (Å²) >= 11 is 0. The van der Waals surface area contributed by atoms with Gasteiger partial charge in [-0.25, -0.2) is 0 Å². The van der Waals surface area contributed by atoms with Crippen LogP contribution >= 0.6 is 0 Å². The molecule has 1 nitrogen and oxygen atoms in total. The average Bonchev–Trinajstić information content (AvgIpc) is 2.01. The first-order valence-electron chi connectivity index (χ1n) is 4.74. The SMILES string of the molecule is CCCCCC(C)CCC=O. The molecule has 11 heavy (non-hydrogen) atoms. The number of aldehydes is 1. The third kappa shape index (κ3) is 7.57. The lowest BCUT2D eigenvalue weighted by atomic mass is 9.99. The van der Waals surface area contributed by atoms with Crippen molar-refractivity contribution in [2.75, 3.05) is 0 Å². The molecule has 0 aliphatic carbocycles. The van der Waals surface area contributed by atoms with Crippen LogP contribution < -0.4 is 0 Å². The van der Waals surface area contributed by atoms with Gasteiger partial charge in [0.05, 0.1) is 0 Å². The van der Waals surface area contributed by atoms with Crippen molar-refractivity contribution in [3.8, 4) is 0 Å². The summed E-state index contributed by atoms with van der Waals surface area (Å²) in [6, 6.07) is 0. The van der Waals surface area contributed by atoms with Gasteiger partial charge in [-0.3, -0.25) is 0 Å². The van der Waals surface area contributed by atoms with Crippen LogP contribution in [0.4, 0.5) is 0 Å². The van der Waals surface area contributed by atoms with E-state index in [-0.39, 0.29) is 0 Å². The first-order valence-corrected chi connectivity index (χ1v) is 4.74. The number of hydrogen-bond donors (Lipinski definition) is 0. The van der Waals surface area contributed by atoms with E-state index in [1.165, 1.54) is 25.7 Å². The van der Waals surface area contributed by atoms with Gasteiger partial charge in [0, 0.05) is 6.42 Å². The molecule has 66 valence electrons. The molecule has 0 saturated carbocycles. The van der Waals surface area contributed by atoms with Gasteiger partial charge in [-0.15, -0.1) is 0 Å². The molecule has 0 bridgehead atoms. The Balaban J connectivity index is 3.08. The molecule has 0 aromatic carbocycles. The maximum atomic E-state index is 10.0. The molecule has 1 heteroatoms. The average molecular weight is 156 g/mol. The van der Waals surface area contributed by atoms with Crippen LogP contribution in [-0.4, -0.2) is 6.29 Å². The lowest BCUT2D eigenvalue weighted by Crippen LogP contribution is -1.94. The molecular formula is C10H20O. The normalized spacial score (nSPS) is 12.9. The van der Waals surface area contributed by atoms with Crippen molar-refractivity contribution >= 4 is 6.29 Å². The summed E-state index contributed by atoms with van der Waals surface area (Å²) in [4.78, 5) is 10.0. The van der Waals surface area contributed by atoms with E-state index in [4.69, 9.17) is 0 Å². The van der Waals surface area contributed by atoms with Gasteiger partial charge < -0.3 is 4.79 Å². The number of hydrogen-bond acceptors (Lipinski definition) is 1. The highest BCUT2D eigenvalue weighted by molar-refractivity contribution is 5.49. The molecule has 0 aliphatic heterocycles. The second-order valence-electron chi connectivity index (χ2n) is 3.34. The summed E-state index contributed by atoms with van der Waals surface area (Å²) in [5.41, 5.74) is 0. The van der Waals surface area contributed by atoms with Crippen LogP contribution in [-0.2, 0) is 4.79 Å². The molecule has 0 aromatic heterocycles. The van der Waals surface area contributed by atoms with E-state index >= 15 is 0 Å². The van der Waals surface area contributed by atoms with Crippen molar-refractivity contribution < 1.29 is 4.79 Å². The predicted molar refractivity (Wildman–Crippen MR) is 48.6 cm³/mol. The minimum atomic E-state index is 0.742. The largest absolute Gasteiger partial charge is 0.303 e. The Morgan fingerprint density at radius 1 is 1.27 bits per heavy atom. The Morgan fingerprint density at radius 3 is 2.55 bits per heavy atom. The van der Waals surface area contributed by atoms with Crippen molar-refractivity contribution in [1.82, 2.24) is 0 Å². The fourth-order valence-corrected chi connectivity index (χ4v) is 1.24. The van der Waals surface area contributed by atoms with Gasteiger partial charge in [0.15, 0.2) is 0 Å². The van der Waals surface area contributed by atoms with E-state index in [1.807, 2.05) is 0 Å². The van der Waals surface area contributed by atoms with Crippen LogP contribution in [0.15, 0.2) is 0 Å². The van der Waals surface area contributed by atoms with Crippen molar-refractivity contribution in [1.29, 1.82) is 0 Å². The monoisotopic (exact) mass is 156 g/mol. The number of rotatable bonds is 7. The zero-order valence-corrected chi connectivity index (χ0v) is 7.81. The Morgan fingerprint density at radius 2 is 2.00 bits per heavy atom. The second kappa shape index (κ2) is 7.77. The van der Waals surface area contributed by atoms with Gasteiger partial charge >= 0.3 is 0 Å². The molecule has 0 aliphatic rings. The molecule has 0 rings (SSSR count). The second-order valence-corrected chi connectivity index (χ2v) is 3.34. The standard InChI is InChI=1S/C10H20O/c1-3-4-5-7-10(2)8-6-9-11/h9-10H,3-8H2,1-2H3. The summed E-state index contributed by atoms with van der Waals surface area (Å²) in [5, 5.41) is 0. The Labute approximate surface area is 70.2 Å². The third-order valence-corrected chi connectivity index (χ3v) is 2.08. The van der Waals surface area contributed by atoms with Crippen molar-refractivity contribution in [3.63, 3.8) is 0 Å². The van der Waals surface area contributed by atoms with E-state index in [1.54, 1.807) is 0 Å². The van der Waals surface area contributed by atoms with E-state index < -0.39 is 0 Å². The Hall–Kier alpha value is -0.330. The highest BCUT2D eigenvalue weighted by Crippen LogP contribution is 2.13. The van der Waals surface area contributed by atoms with Crippen LogP contribution in [0.25, 0.3) is 0 Å². The molecule has 0 amide bonds. The van der Waals surface area contributed by atoms with Crippen LogP contribution in [0.2, 0.25) is 0 Å². The minimum absolute atomic E-state index is 0.742. The molecule has 0 aromatic rings. The minimum Gasteiger partial charge on any atom is -0.303 e. The summed E-state index contributed by atoms with van der Waals surface area (Å²) in [5.74, 6) is 0.742. The van der Waals surface area contributed by atoms with E-state index in [2.05, 4.69) is 13.8 Å². The molecular weight excluding hydrogens is 136 g/mol. The van der Waals surface area contributed by atoms with Crippen molar-refractivity contribution in [2.45, 2.75) is 52.4 Å².